The van der Waals surface area contributed by atoms with E-state index in [4.69, 9.17) is 5.73 Å². The number of carbonyl (C=O) groups excluding carboxylic acids is 1. The highest BCUT2D eigenvalue weighted by Crippen LogP contribution is 2.20. The molecule has 0 aliphatic carbocycles. The lowest BCUT2D eigenvalue weighted by Crippen LogP contribution is -2.16. The number of nitrogens with two attached hydrogens (primary N) is 1. The number of methoxy groups -OCH3 is 1. The molecule has 1 aromatic carbocycles. The van der Waals surface area contributed by atoms with Gasteiger partial charge in [0.1, 0.15) is 0 Å². The Morgan fingerprint density at radius 2 is 2.18 bits per heavy atom. The summed E-state index contributed by atoms with van der Waals surface area (Å²) in [4.78, 5) is 11.0. The molecule has 17 heavy (non-hydrogen) atoms. The molecule has 1 rings (SSSR count). The van der Waals surface area contributed by atoms with Crippen molar-refractivity contribution in [1.29, 1.82) is 0 Å². The first-order valence-corrected chi connectivity index (χ1v) is 6.67. The van der Waals surface area contributed by atoms with Crippen LogP contribution in [0.15, 0.2) is 18.2 Å². The van der Waals surface area contributed by atoms with Gasteiger partial charge in [-0.25, -0.2) is 0 Å². The zero-order valence-corrected chi connectivity index (χ0v) is 11.3. The number of aryl methyl sites for hydroxylation is 2. The third-order valence-electron chi connectivity index (χ3n) is 2.58. The second-order valence-electron chi connectivity index (χ2n) is 4.06. The fourth-order valence-corrected chi connectivity index (χ4v) is 2.41. The largest absolute Gasteiger partial charge is 0.468 e. The standard InChI is InChI=1S/C13H19NO2S/c1-9-4-5-10(2)11(6-9)12(14)7-17-8-13(15)16-3/h4-6,12H,7-8,14H2,1-3H3. The minimum absolute atomic E-state index is 0.0374. The highest BCUT2D eigenvalue weighted by Gasteiger charge is 2.10. The number of benzene rings is 1. The van der Waals surface area contributed by atoms with E-state index in [-0.39, 0.29) is 12.0 Å². The van der Waals surface area contributed by atoms with Gasteiger partial charge in [-0.3, -0.25) is 4.79 Å². The third-order valence-corrected chi connectivity index (χ3v) is 3.61. The molecule has 0 saturated carbocycles. The summed E-state index contributed by atoms with van der Waals surface area (Å²) in [5.74, 6) is 0.872. The van der Waals surface area contributed by atoms with E-state index in [0.717, 1.165) is 11.3 Å². The zero-order chi connectivity index (χ0) is 12.8. The van der Waals surface area contributed by atoms with Crippen LogP contribution >= 0.6 is 11.8 Å². The molecule has 0 amide bonds. The Hall–Kier alpha value is -1.00. The van der Waals surface area contributed by atoms with E-state index >= 15 is 0 Å². The molecule has 0 saturated heterocycles. The van der Waals surface area contributed by atoms with Gasteiger partial charge in [-0.2, -0.15) is 0 Å². The molecule has 0 aromatic heterocycles. The molecule has 0 aliphatic rings. The fraction of sp³-hybridized carbons (Fsp3) is 0.462. The number of esters is 1. The Kier molecular flexibility index (Phi) is 5.51. The minimum Gasteiger partial charge on any atom is -0.468 e. The molecule has 2 N–H and O–H groups in total. The second kappa shape index (κ2) is 6.67. The normalized spacial score (nSPS) is 12.2. The van der Waals surface area contributed by atoms with Crippen LogP contribution in [0.5, 0.6) is 0 Å². The van der Waals surface area contributed by atoms with Crippen molar-refractivity contribution in [2.75, 3.05) is 18.6 Å². The molecule has 0 fully saturated rings. The minimum atomic E-state index is -0.205. The number of hydrogen-bond donors (Lipinski definition) is 1. The average molecular weight is 253 g/mol. The molecule has 3 nitrogen and oxygen atoms in total. The Bertz CT molecular complexity index is 393. The Morgan fingerprint density at radius 1 is 1.47 bits per heavy atom. The van der Waals surface area contributed by atoms with Crippen molar-refractivity contribution in [1.82, 2.24) is 0 Å². The number of hydrogen-bond acceptors (Lipinski definition) is 4. The summed E-state index contributed by atoms with van der Waals surface area (Å²) in [6.07, 6.45) is 0. The van der Waals surface area contributed by atoms with Gasteiger partial charge in [0.25, 0.3) is 0 Å². The fourth-order valence-electron chi connectivity index (χ4n) is 1.58. The third kappa shape index (κ3) is 4.40. The van der Waals surface area contributed by atoms with Crippen LogP contribution in [0, 0.1) is 13.8 Å². The van der Waals surface area contributed by atoms with Crippen LogP contribution < -0.4 is 5.73 Å². The highest BCUT2D eigenvalue weighted by molar-refractivity contribution is 7.99. The summed E-state index contributed by atoms with van der Waals surface area (Å²) in [6, 6.07) is 6.23. The van der Waals surface area contributed by atoms with Gasteiger partial charge < -0.3 is 10.5 Å². The van der Waals surface area contributed by atoms with Crippen molar-refractivity contribution in [3.8, 4) is 0 Å². The van der Waals surface area contributed by atoms with Crippen LogP contribution in [0.25, 0.3) is 0 Å². The van der Waals surface area contributed by atoms with Gasteiger partial charge in [-0.05, 0) is 25.0 Å². The maximum absolute atomic E-state index is 11.0. The predicted molar refractivity (Wildman–Crippen MR) is 72.2 cm³/mol. The number of rotatable bonds is 5. The van der Waals surface area contributed by atoms with Crippen molar-refractivity contribution in [2.45, 2.75) is 19.9 Å². The summed E-state index contributed by atoms with van der Waals surface area (Å²) >= 11 is 1.50. The quantitative estimate of drug-likeness (QED) is 0.817. The molecule has 1 unspecified atom stereocenters. The molecule has 4 heteroatoms. The molecule has 0 spiro atoms. The molecular weight excluding hydrogens is 234 g/mol. The summed E-state index contributed by atoms with van der Waals surface area (Å²) in [7, 11) is 1.40. The molecule has 0 heterocycles. The van der Waals surface area contributed by atoms with E-state index < -0.39 is 0 Å². The number of carbonyl (C=O) groups is 1. The van der Waals surface area contributed by atoms with Crippen LogP contribution in [0.2, 0.25) is 0 Å². The van der Waals surface area contributed by atoms with E-state index in [2.05, 4.69) is 36.8 Å². The summed E-state index contributed by atoms with van der Waals surface area (Å²) < 4.78 is 4.58. The molecule has 1 atom stereocenters. The topological polar surface area (TPSA) is 52.3 Å². The molecular formula is C13H19NO2S. The van der Waals surface area contributed by atoms with E-state index in [1.54, 1.807) is 0 Å². The predicted octanol–water partition coefficient (Wildman–Crippen LogP) is 2.21. The number of ether oxygens (including phenoxy) is 1. The molecule has 94 valence electrons. The lowest BCUT2D eigenvalue weighted by molar-refractivity contribution is -0.137. The molecule has 0 radical (unpaired) electrons. The van der Waals surface area contributed by atoms with Gasteiger partial charge in [0, 0.05) is 11.8 Å². The van der Waals surface area contributed by atoms with Crippen molar-refractivity contribution in [3.63, 3.8) is 0 Å². The van der Waals surface area contributed by atoms with Crippen LogP contribution in [0.1, 0.15) is 22.7 Å². The Balaban J connectivity index is 2.54. The maximum atomic E-state index is 11.0. The van der Waals surface area contributed by atoms with Crippen LogP contribution in [-0.2, 0) is 9.53 Å². The van der Waals surface area contributed by atoms with E-state index in [9.17, 15) is 4.79 Å². The Labute approximate surface area is 107 Å². The smallest absolute Gasteiger partial charge is 0.315 e. The van der Waals surface area contributed by atoms with Crippen LogP contribution in [0.4, 0.5) is 0 Å². The summed E-state index contributed by atoms with van der Waals surface area (Å²) in [6.45, 7) is 4.11. The first kappa shape index (κ1) is 14.1. The first-order valence-electron chi connectivity index (χ1n) is 5.52. The van der Waals surface area contributed by atoms with Crippen molar-refractivity contribution < 1.29 is 9.53 Å². The first-order chi connectivity index (χ1) is 8.04. The van der Waals surface area contributed by atoms with E-state index in [1.165, 1.54) is 30.0 Å². The monoisotopic (exact) mass is 253 g/mol. The molecule has 0 aliphatic heterocycles. The van der Waals surface area contributed by atoms with Gasteiger partial charge >= 0.3 is 5.97 Å². The number of thioether (sulfide) groups is 1. The zero-order valence-electron chi connectivity index (χ0n) is 10.5. The average Bonchev–Trinajstić information content (AvgIpc) is 2.31. The second-order valence-corrected chi connectivity index (χ2v) is 5.09. The van der Waals surface area contributed by atoms with E-state index in [0.29, 0.717) is 5.75 Å². The van der Waals surface area contributed by atoms with Gasteiger partial charge in [-0.1, -0.05) is 23.8 Å². The van der Waals surface area contributed by atoms with Crippen LogP contribution in [-0.4, -0.2) is 24.6 Å². The van der Waals surface area contributed by atoms with Crippen molar-refractivity contribution in [2.24, 2.45) is 5.73 Å². The maximum Gasteiger partial charge on any atom is 0.315 e. The van der Waals surface area contributed by atoms with E-state index in [1.807, 2.05) is 0 Å². The highest BCUT2D eigenvalue weighted by atomic mass is 32.2. The summed E-state index contributed by atoms with van der Waals surface area (Å²) in [5, 5.41) is 0. The molecule has 1 aromatic rings. The summed E-state index contributed by atoms with van der Waals surface area (Å²) in [5.41, 5.74) is 9.68. The van der Waals surface area contributed by atoms with Gasteiger partial charge in [0.2, 0.25) is 0 Å². The van der Waals surface area contributed by atoms with Gasteiger partial charge in [-0.15, -0.1) is 11.8 Å². The lowest BCUT2D eigenvalue weighted by Gasteiger charge is -2.15. The van der Waals surface area contributed by atoms with Crippen molar-refractivity contribution >= 4 is 17.7 Å². The van der Waals surface area contributed by atoms with Gasteiger partial charge in [0.15, 0.2) is 0 Å². The Morgan fingerprint density at radius 3 is 2.82 bits per heavy atom. The van der Waals surface area contributed by atoms with Gasteiger partial charge in [0.05, 0.1) is 12.9 Å². The SMILES string of the molecule is COC(=O)CSCC(N)c1cc(C)ccc1C. The lowest BCUT2D eigenvalue weighted by atomic mass is 10.0. The molecule has 0 bridgehead atoms. The van der Waals surface area contributed by atoms with Crippen molar-refractivity contribution in [3.05, 3.63) is 34.9 Å². The van der Waals surface area contributed by atoms with Crippen LogP contribution in [0.3, 0.4) is 0 Å².